The second-order valence-corrected chi connectivity index (χ2v) is 4.95. The molecule has 6 heteroatoms. The smallest absolute Gasteiger partial charge is 0.228 e. The van der Waals surface area contributed by atoms with Gasteiger partial charge in [-0.25, -0.2) is 4.39 Å². The van der Waals surface area contributed by atoms with E-state index in [9.17, 15) is 9.18 Å². The first-order chi connectivity index (χ1) is 9.45. The van der Waals surface area contributed by atoms with Crippen LogP contribution in [0.15, 0.2) is 36.4 Å². The molecule has 0 unspecified atom stereocenters. The molecule has 0 heterocycles. The molecule has 0 aromatic heterocycles. The predicted octanol–water partition coefficient (Wildman–Crippen LogP) is 4.02. The Morgan fingerprint density at radius 3 is 2.55 bits per heavy atom. The van der Waals surface area contributed by atoms with Crippen molar-refractivity contribution in [3.8, 4) is 5.75 Å². The monoisotopic (exact) mass is 313 g/mol. The van der Waals surface area contributed by atoms with Gasteiger partial charge in [-0.2, -0.15) is 0 Å². The van der Waals surface area contributed by atoms with E-state index >= 15 is 0 Å². The van der Waals surface area contributed by atoms with Gasteiger partial charge in [0, 0.05) is 11.8 Å². The molecule has 3 nitrogen and oxygen atoms in total. The van der Waals surface area contributed by atoms with E-state index < -0.39 is 11.6 Å². The first kappa shape index (κ1) is 14.6. The summed E-state index contributed by atoms with van der Waals surface area (Å²) in [6, 6.07) is 8.51. The Labute approximate surface area is 124 Å². The molecule has 0 bridgehead atoms. The van der Waals surface area contributed by atoms with Crippen LogP contribution >= 0.6 is 23.2 Å². The highest BCUT2D eigenvalue weighted by molar-refractivity contribution is 6.42. The van der Waals surface area contributed by atoms with Crippen molar-refractivity contribution in [1.82, 2.24) is 0 Å². The van der Waals surface area contributed by atoms with Crippen molar-refractivity contribution in [1.29, 1.82) is 0 Å². The van der Waals surface area contributed by atoms with E-state index in [0.717, 1.165) is 6.07 Å². The second kappa shape index (κ2) is 6.11. The normalized spacial score (nSPS) is 10.3. The number of amides is 1. The third-order valence-corrected chi connectivity index (χ3v) is 3.32. The van der Waals surface area contributed by atoms with Gasteiger partial charge in [-0.3, -0.25) is 4.79 Å². The highest BCUT2D eigenvalue weighted by Gasteiger charge is 2.08. The third kappa shape index (κ3) is 3.62. The molecule has 104 valence electrons. The van der Waals surface area contributed by atoms with Crippen LogP contribution in [0.5, 0.6) is 5.75 Å². The van der Waals surface area contributed by atoms with Crippen molar-refractivity contribution in [3.63, 3.8) is 0 Å². The number of rotatable bonds is 3. The van der Waals surface area contributed by atoms with Gasteiger partial charge < -0.3 is 10.4 Å². The van der Waals surface area contributed by atoms with Crippen LogP contribution in [0, 0.1) is 5.82 Å². The van der Waals surface area contributed by atoms with Gasteiger partial charge >= 0.3 is 0 Å². The summed E-state index contributed by atoms with van der Waals surface area (Å²) in [5.41, 5.74) is 0.960. The first-order valence-corrected chi connectivity index (χ1v) is 6.43. The number of hydrogen-bond acceptors (Lipinski definition) is 2. The number of halogens is 3. The van der Waals surface area contributed by atoms with Crippen LogP contribution in [0.25, 0.3) is 0 Å². The van der Waals surface area contributed by atoms with Gasteiger partial charge in [0.05, 0.1) is 16.5 Å². The van der Waals surface area contributed by atoms with Crippen LogP contribution in [0.2, 0.25) is 10.0 Å². The fourth-order valence-corrected chi connectivity index (χ4v) is 1.95. The summed E-state index contributed by atoms with van der Waals surface area (Å²) in [5.74, 6) is -1.58. The minimum absolute atomic E-state index is 0.0827. The topological polar surface area (TPSA) is 49.3 Å². The van der Waals surface area contributed by atoms with Crippen LogP contribution in [0.4, 0.5) is 10.1 Å². The second-order valence-electron chi connectivity index (χ2n) is 4.14. The van der Waals surface area contributed by atoms with E-state index in [1.165, 1.54) is 12.1 Å². The predicted molar refractivity (Wildman–Crippen MR) is 76.9 cm³/mol. The average Bonchev–Trinajstić information content (AvgIpc) is 2.38. The van der Waals surface area contributed by atoms with Gasteiger partial charge in [0.25, 0.3) is 0 Å². The highest BCUT2D eigenvalue weighted by Crippen LogP contribution is 2.23. The summed E-state index contributed by atoms with van der Waals surface area (Å²) < 4.78 is 13.1. The lowest BCUT2D eigenvalue weighted by atomic mass is 10.1. The molecular formula is C14H10Cl2FNO2. The van der Waals surface area contributed by atoms with E-state index in [0.29, 0.717) is 15.6 Å². The van der Waals surface area contributed by atoms with Crippen LogP contribution in [0.1, 0.15) is 5.56 Å². The molecule has 0 aliphatic carbocycles. The van der Waals surface area contributed by atoms with Crippen LogP contribution in [-0.4, -0.2) is 11.0 Å². The largest absolute Gasteiger partial charge is 0.505 e. The van der Waals surface area contributed by atoms with Crippen molar-refractivity contribution in [2.75, 3.05) is 5.32 Å². The zero-order chi connectivity index (χ0) is 14.7. The number of hydrogen-bond donors (Lipinski definition) is 2. The van der Waals surface area contributed by atoms with E-state index in [-0.39, 0.29) is 18.0 Å². The van der Waals surface area contributed by atoms with Crippen molar-refractivity contribution >= 4 is 34.8 Å². The summed E-state index contributed by atoms with van der Waals surface area (Å²) in [6.07, 6.45) is 0.0827. The summed E-state index contributed by atoms with van der Waals surface area (Å²) in [5, 5.41) is 12.4. The number of phenols is 1. The molecule has 20 heavy (non-hydrogen) atoms. The Bertz CT molecular complexity index is 606. The molecule has 0 saturated carbocycles. The minimum Gasteiger partial charge on any atom is -0.505 e. The van der Waals surface area contributed by atoms with Crippen LogP contribution in [0.3, 0.4) is 0 Å². The van der Waals surface area contributed by atoms with Crippen molar-refractivity contribution in [3.05, 3.63) is 57.8 Å². The summed E-state index contributed by atoms with van der Waals surface area (Å²) >= 11 is 11.6. The van der Waals surface area contributed by atoms with Crippen molar-refractivity contribution in [2.24, 2.45) is 0 Å². The molecule has 2 aromatic carbocycles. The number of carbonyl (C=O) groups is 1. The fourth-order valence-electron chi connectivity index (χ4n) is 1.62. The molecule has 2 aromatic rings. The average molecular weight is 314 g/mol. The Kier molecular flexibility index (Phi) is 4.47. The van der Waals surface area contributed by atoms with Gasteiger partial charge in [0.1, 0.15) is 0 Å². The van der Waals surface area contributed by atoms with E-state index in [4.69, 9.17) is 28.3 Å². The van der Waals surface area contributed by atoms with E-state index in [2.05, 4.69) is 5.32 Å². The standard InChI is InChI=1S/C14H10Cl2FNO2/c15-10-3-1-8(5-11(10)16)6-14(20)18-9-2-4-13(19)12(17)7-9/h1-5,7,19H,6H2,(H,18,20). The van der Waals surface area contributed by atoms with Gasteiger partial charge in [-0.05, 0) is 29.8 Å². The molecule has 2 rings (SSSR count). The molecule has 0 radical (unpaired) electrons. The van der Waals surface area contributed by atoms with Crippen LogP contribution < -0.4 is 5.32 Å². The molecular weight excluding hydrogens is 304 g/mol. The van der Waals surface area contributed by atoms with Gasteiger partial charge in [-0.1, -0.05) is 29.3 Å². The maximum atomic E-state index is 13.1. The number of benzene rings is 2. The lowest BCUT2D eigenvalue weighted by molar-refractivity contribution is -0.115. The number of nitrogens with one attached hydrogen (secondary N) is 1. The molecule has 0 saturated heterocycles. The summed E-state index contributed by atoms with van der Waals surface area (Å²) in [4.78, 5) is 11.8. The molecule has 0 atom stereocenters. The summed E-state index contributed by atoms with van der Waals surface area (Å²) in [6.45, 7) is 0. The molecule has 2 N–H and O–H groups in total. The SMILES string of the molecule is O=C(Cc1ccc(Cl)c(Cl)c1)Nc1ccc(O)c(F)c1. The number of carbonyl (C=O) groups excluding carboxylic acids is 1. The fraction of sp³-hybridized carbons (Fsp3) is 0.0714. The van der Waals surface area contributed by atoms with Crippen molar-refractivity contribution < 1.29 is 14.3 Å². The van der Waals surface area contributed by atoms with E-state index in [1.807, 2.05) is 0 Å². The third-order valence-electron chi connectivity index (χ3n) is 2.58. The zero-order valence-electron chi connectivity index (χ0n) is 10.2. The number of phenolic OH excluding ortho intramolecular Hbond substituents is 1. The Balaban J connectivity index is 2.04. The lowest BCUT2D eigenvalue weighted by Gasteiger charge is -2.07. The number of anilines is 1. The highest BCUT2D eigenvalue weighted by atomic mass is 35.5. The van der Waals surface area contributed by atoms with Crippen LogP contribution in [-0.2, 0) is 11.2 Å². The first-order valence-electron chi connectivity index (χ1n) is 5.68. The lowest BCUT2D eigenvalue weighted by Crippen LogP contribution is -2.14. The quantitative estimate of drug-likeness (QED) is 0.841. The Hall–Kier alpha value is -1.78. The van der Waals surface area contributed by atoms with Crippen molar-refractivity contribution in [2.45, 2.75) is 6.42 Å². The minimum atomic E-state index is -0.794. The van der Waals surface area contributed by atoms with Gasteiger partial charge in [0.15, 0.2) is 11.6 Å². The number of aromatic hydroxyl groups is 1. The van der Waals surface area contributed by atoms with Gasteiger partial charge in [0.2, 0.25) is 5.91 Å². The maximum absolute atomic E-state index is 13.1. The zero-order valence-corrected chi connectivity index (χ0v) is 11.7. The molecule has 0 aliphatic heterocycles. The maximum Gasteiger partial charge on any atom is 0.228 e. The Morgan fingerprint density at radius 1 is 1.15 bits per heavy atom. The van der Waals surface area contributed by atoms with E-state index in [1.54, 1.807) is 18.2 Å². The Morgan fingerprint density at radius 2 is 1.90 bits per heavy atom. The molecule has 0 spiro atoms. The van der Waals surface area contributed by atoms with Gasteiger partial charge in [-0.15, -0.1) is 0 Å². The molecule has 0 fully saturated rings. The molecule has 1 amide bonds. The molecule has 0 aliphatic rings. The summed E-state index contributed by atoms with van der Waals surface area (Å²) in [7, 11) is 0.